The lowest BCUT2D eigenvalue weighted by atomic mass is 10.2. The normalized spacial score (nSPS) is 12.1. The van der Waals surface area contributed by atoms with E-state index in [1.807, 2.05) is 0 Å². The summed E-state index contributed by atoms with van der Waals surface area (Å²) in [6.45, 7) is 10.7. The molecule has 0 bridgehead atoms. The molecular formula is C16H29BrNP. The van der Waals surface area contributed by atoms with Crippen LogP contribution in [0.1, 0.15) is 33.3 Å². The fraction of sp³-hybridized carbons (Fsp3) is 0.625. The largest absolute Gasteiger partial charge is 1.00 e. The number of rotatable bonds is 6. The first-order valence-electron chi connectivity index (χ1n) is 6.93. The highest BCUT2D eigenvalue weighted by atomic mass is 79.9. The van der Waals surface area contributed by atoms with Crippen molar-refractivity contribution in [1.29, 1.82) is 0 Å². The lowest BCUT2D eigenvalue weighted by Crippen LogP contribution is -3.00. The minimum Gasteiger partial charge on any atom is -1.00 e. The maximum absolute atomic E-state index is 2.38. The van der Waals surface area contributed by atoms with Gasteiger partial charge in [-0.25, -0.2) is 0 Å². The Morgan fingerprint density at radius 3 is 1.84 bits per heavy atom. The van der Waals surface area contributed by atoms with E-state index in [1.54, 1.807) is 0 Å². The summed E-state index contributed by atoms with van der Waals surface area (Å²) in [5.41, 5.74) is 3.10. The molecule has 0 amide bonds. The Morgan fingerprint density at radius 1 is 0.947 bits per heavy atom. The third-order valence-electron chi connectivity index (χ3n) is 3.33. The van der Waals surface area contributed by atoms with Gasteiger partial charge in [-0.1, -0.05) is 58.0 Å². The summed E-state index contributed by atoms with van der Waals surface area (Å²) in [6.07, 6.45) is 1.32. The number of benzene rings is 1. The predicted octanol–water partition coefficient (Wildman–Crippen LogP) is 1.52. The van der Waals surface area contributed by atoms with Gasteiger partial charge >= 0.3 is 0 Å². The molecule has 1 rings (SSSR count). The molecule has 0 unspecified atom stereocenters. The Kier molecular flexibility index (Phi) is 8.43. The second kappa shape index (κ2) is 8.39. The molecule has 0 spiro atoms. The van der Waals surface area contributed by atoms with Crippen molar-refractivity contribution in [3.05, 3.63) is 35.9 Å². The van der Waals surface area contributed by atoms with Crippen molar-refractivity contribution in [2.45, 2.75) is 45.6 Å². The van der Waals surface area contributed by atoms with Crippen molar-refractivity contribution in [2.24, 2.45) is 0 Å². The van der Waals surface area contributed by atoms with Gasteiger partial charge in [-0.3, -0.25) is 0 Å². The molecule has 19 heavy (non-hydrogen) atoms. The minimum absolute atomic E-state index is 0. The van der Waals surface area contributed by atoms with Crippen molar-refractivity contribution in [3.63, 3.8) is 0 Å². The molecule has 0 aliphatic rings. The Balaban J connectivity index is 0.00000324. The van der Waals surface area contributed by atoms with Crippen LogP contribution in [-0.2, 0) is 6.54 Å². The Morgan fingerprint density at radius 2 is 1.42 bits per heavy atom. The van der Waals surface area contributed by atoms with E-state index in [0.717, 1.165) is 22.3 Å². The maximum atomic E-state index is 2.38. The standard InChI is InChI=1S/C16H29NP.BrH/c1-14(2)18(15(3)4)13-17(5,6)12-16-10-8-7-9-11-16;/h7-11,14-15H,12-13H2,1-6H3;1H/q+1;/p-1. The molecule has 3 heteroatoms. The van der Waals surface area contributed by atoms with Gasteiger partial charge in [0.05, 0.1) is 20.4 Å². The molecule has 110 valence electrons. The van der Waals surface area contributed by atoms with Crippen molar-refractivity contribution in [2.75, 3.05) is 20.4 Å². The van der Waals surface area contributed by atoms with E-state index < -0.39 is 0 Å². The van der Waals surface area contributed by atoms with Gasteiger partial charge in [-0.05, 0) is 19.2 Å². The molecule has 1 aromatic rings. The van der Waals surface area contributed by atoms with Gasteiger partial charge < -0.3 is 21.5 Å². The van der Waals surface area contributed by atoms with Crippen LogP contribution in [0.25, 0.3) is 0 Å². The first kappa shape index (κ1) is 19.1. The van der Waals surface area contributed by atoms with Crippen LogP contribution in [0.5, 0.6) is 0 Å². The van der Waals surface area contributed by atoms with E-state index in [4.69, 9.17) is 0 Å². The van der Waals surface area contributed by atoms with Crippen LogP contribution in [0.3, 0.4) is 0 Å². The van der Waals surface area contributed by atoms with E-state index in [0.29, 0.717) is 0 Å². The number of hydrogen-bond acceptors (Lipinski definition) is 0. The van der Waals surface area contributed by atoms with Crippen LogP contribution in [0.2, 0.25) is 0 Å². The lowest BCUT2D eigenvalue weighted by Gasteiger charge is -2.37. The van der Waals surface area contributed by atoms with Crippen LogP contribution in [-0.4, -0.2) is 36.2 Å². The molecule has 0 saturated carbocycles. The summed E-state index contributed by atoms with van der Waals surface area (Å²) in [6, 6.07) is 10.9. The van der Waals surface area contributed by atoms with Crippen LogP contribution in [0.15, 0.2) is 30.3 Å². The van der Waals surface area contributed by atoms with E-state index in [1.165, 1.54) is 11.8 Å². The summed E-state index contributed by atoms with van der Waals surface area (Å²) < 4.78 is 1.10. The highest BCUT2D eigenvalue weighted by molar-refractivity contribution is 7.58. The van der Waals surface area contributed by atoms with Crippen molar-refractivity contribution >= 4 is 7.92 Å². The van der Waals surface area contributed by atoms with E-state index in [9.17, 15) is 0 Å². The molecule has 0 heterocycles. The highest BCUT2D eigenvalue weighted by Crippen LogP contribution is 2.47. The summed E-state index contributed by atoms with van der Waals surface area (Å²) in [4.78, 5) is 0. The van der Waals surface area contributed by atoms with E-state index in [2.05, 4.69) is 72.1 Å². The second-order valence-electron chi connectivity index (χ2n) is 6.42. The molecular weight excluding hydrogens is 317 g/mol. The van der Waals surface area contributed by atoms with E-state index in [-0.39, 0.29) is 24.9 Å². The average Bonchev–Trinajstić information content (AvgIpc) is 2.26. The highest BCUT2D eigenvalue weighted by Gasteiger charge is 2.26. The SMILES string of the molecule is CC(C)P(C[N+](C)(C)Cc1ccccc1)C(C)C.[Br-]. The number of nitrogens with zero attached hydrogens (tertiary/aromatic N) is 1. The van der Waals surface area contributed by atoms with Crippen molar-refractivity contribution in [1.82, 2.24) is 0 Å². The number of halogens is 1. The quantitative estimate of drug-likeness (QED) is 0.541. The molecule has 1 aromatic carbocycles. The molecule has 1 nitrogen and oxygen atoms in total. The van der Waals surface area contributed by atoms with E-state index >= 15 is 0 Å². The molecule has 0 N–H and O–H groups in total. The topological polar surface area (TPSA) is 0 Å². The zero-order chi connectivity index (χ0) is 13.8. The fourth-order valence-electron chi connectivity index (χ4n) is 2.49. The summed E-state index contributed by atoms with van der Waals surface area (Å²) in [5.74, 6) is 0. The van der Waals surface area contributed by atoms with Gasteiger partial charge in [0.15, 0.2) is 0 Å². The van der Waals surface area contributed by atoms with Gasteiger partial charge in [-0.15, -0.1) is 0 Å². The molecule has 0 atom stereocenters. The Labute approximate surface area is 131 Å². The van der Waals surface area contributed by atoms with Gasteiger partial charge in [0.2, 0.25) is 0 Å². The zero-order valence-corrected chi connectivity index (χ0v) is 15.7. The maximum Gasteiger partial charge on any atom is 0.104 e. The smallest absolute Gasteiger partial charge is 0.104 e. The van der Waals surface area contributed by atoms with Crippen LogP contribution in [0, 0.1) is 0 Å². The van der Waals surface area contributed by atoms with Gasteiger partial charge in [0, 0.05) is 5.56 Å². The first-order valence-corrected chi connectivity index (χ1v) is 8.60. The monoisotopic (exact) mass is 345 g/mol. The Hall–Kier alpha value is 0.0900. The predicted molar refractivity (Wildman–Crippen MR) is 84.3 cm³/mol. The molecule has 0 radical (unpaired) electrons. The Bertz CT molecular complexity index is 341. The van der Waals surface area contributed by atoms with Gasteiger partial charge in [0.1, 0.15) is 6.54 Å². The molecule has 0 saturated heterocycles. The van der Waals surface area contributed by atoms with Crippen LogP contribution >= 0.6 is 7.92 Å². The van der Waals surface area contributed by atoms with Crippen molar-refractivity contribution in [3.8, 4) is 0 Å². The summed E-state index contributed by atoms with van der Waals surface area (Å²) >= 11 is 0. The van der Waals surface area contributed by atoms with Crippen LogP contribution < -0.4 is 17.0 Å². The van der Waals surface area contributed by atoms with Crippen molar-refractivity contribution < 1.29 is 21.5 Å². The lowest BCUT2D eigenvalue weighted by molar-refractivity contribution is -0.892. The molecule has 0 aromatic heterocycles. The average molecular weight is 346 g/mol. The minimum atomic E-state index is 0. The summed E-state index contributed by atoms with van der Waals surface area (Å²) in [5, 5.41) is 0. The molecule has 0 aliphatic carbocycles. The summed E-state index contributed by atoms with van der Waals surface area (Å²) in [7, 11) is 4.85. The fourth-order valence-corrected chi connectivity index (χ4v) is 5.32. The molecule has 0 aliphatic heterocycles. The second-order valence-corrected chi connectivity index (χ2v) is 9.80. The number of hydrogen-bond donors (Lipinski definition) is 0. The molecule has 0 fully saturated rings. The van der Waals surface area contributed by atoms with Crippen LogP contribution in [0.4, 0.5) is 0 Å². The van der Waals surface area contributed by atoms with Gasteiger partial charge in [0.25, 0.3) is 0 Å². The first-order chi connectivity index (χ1) is 8.32. The zero-order valence-electron chi connectivity index (χ0n) is 13.2. The third kappa shape index (κ3) is 6.88. The number of quaternary nitrogens is 1. The van der Waals surface area contributed by atoms with Gasteiger partial charge in [-0.2, -0.15) is 0 Å². The third-order valence-corrected chi connectivity index (χ3v) is 7.07.